The molecule has 0 aromatic heterocycles. The van der Waals surface area contributed by atoms with E-state index >= 15 is 0 Å². The van der Waals surface area contributed by atoms with E-state index in [4.69, 9.17) is 9.84 Å². The normalized spacial score (nSPS) is 30.5. The SMILES string of the molecule is C=CCOC(=O)N[C@@H](CC12CC(C1)C2)C(=O)O. The molecule has 17 heavy (non-hydrogen) atoms. The predicted octanol–water partition coefficient (Wildman–Crippen LogP) is 1.54. The zero-order chi connectivity index (χ0) is 12.5. The maximum atomic E-state index is 11.3. The molecule has 0 unspecified atom stereocenters. The second kappa shape index (κ2) is 4.39. The van der Waals surface area contributed by atoms with Gasteiger partial charge in [0.05, 0.1) is 0 Å². The highest BCUT2D eigenvalue weighted by Gasteiger charge is 2.57. The van der Waals surface area contributed by atoms with Crippen LogP contribution >= 0.6 is 0 Å². The minimum absolute atomic E-state index is 0.0887. The number of hydrogen-bond donors (Lipinski definition) is 2. The van der Waals surface area contributed by atoms with Gasteiger partial charge >= 0.3 is 12.1 Å². The van der Waals surface area contributed by atoms with E-state index in [1.165, 1.54) is 6.08 Å². The lowest BCUT2D eigenvalue weighted by atomic mass is 9.43. The number of carbonyl (C=O) groups excluding carboxylic acids is 1. The van der Waals surface area contributed by atoms with Crippen molar-refractivity contribution in [1.29, 1.82) is 0 Å². The quantitative estimate of drug-likeness (QED) is 0.689. The summed E-state index contributed by atoms with van der Waals surface area (Å²) in [5, 5.41) is 11.4. The van der Waals surface area contributed by atoms with Crippen LogP contribution in [0.25, 0.3) is 0 Å². The highest BCUT2D eigenvalue weighted by Crippen LogP contribution is 2.66. The molecule has 5 heteroatoms. The van der Waals surface area contributed by atoms with Gasteiger partial charge in [0, 0.05) is 0 Å². The van der Waals surface area contributed by atoms with Crippen LogP contribution in [0.1, 0.15) is 25.7 Å². The summed E-state index contributed by atoms with van der Waals surface area (Å²) >= 11 is 0. The van der Waals surface area contributed by atoms with Crippen LogP contribution in [0.3, 0.4) is 0 Å². The Morgan fingerprint density at radius 1 is 1.53 bits per heavy atom. The van der Waals surface area contributed by atoms with E-state index in [0.717, 1.165) is 25.2 Å². The van der Waals surface area contributed by atoms with Crippen molar-refractivity contribution in [3.63, 3.8) is 0 Å². The summed E-state index contributed by atoms with van der Waals surface area (Å²) in [4.78, 5) is 22.3. The van der Waals surface area contributed by atoms with Crippen molar-refractivity contribution in [1.82, 2.24) is 5.32 Å². The van der Waals surface area contributed by atoms with Gasteiger partial charge in [0.15, 0.2) is 0 Å². The third kappa shape index (κ3) is 2.43. The van der Waals surface area contributed by atoms with Crippen molar-refractivity contribution in [3.8, 4) is 0 Å². The number of ether oxygens (including phenoxy) is 1. The number of carboxylic acids is 1. The largest absolute Gasteiger partial charge is 0.480 e. The lowest BCUT2D eigenvalue weighted by Gasteiger charge is -2.62. The standard InChI is InChI=1S/C12H17NO4/c1-2-3-17-11(16)13-9(10(14)15)7-12-4-8(5-12)6-12/h2,8-9H,1,3-7H2,(H,13,16)(H,14,15)/t8?,9-,12?/m0/s1. The minimum Gasteiger partial charge on any atom is -0.480 e. The Kier molecular flexibility index (Phi) is 3.09. The van der Waals surface area contributed by atoms with Gasteiger partial charge in [-0.25, -0.2) is 9.59 Å². The van der Waals surface area contributed by atoms with Crippen molar-refractivity contribution < 1.29 is 19.4 Å². The number of carbonyl (C=O) groups is 2. The number of carboxylic acid groups (broad SMARTS) is 1. The molecular weight excluding hydrogens is 222 g/mol. The van der Waals surface area contributed by atoms with Gasteiger partial charge in [-0.1, -0.05) is 12.7 Å². The fraction of sp³-hybridized carbons (Fsp3) is 0.667. The molecule has 0 spiro atoms. The van der Waals surface area contributed by atoms with Gasteiger partial charge in [0.2, 0.25) is 0 Å². The Balaban J connectivity index is 1.81. The summed E-state index contributed by atoms with van der Waals surface area (Å²) in [6, 6.07) is -0.839. The molecule has 0 saturated heterocycles. The van der Waals surface area contributed by atoms with Gasteiger partial charge in [-0.3, -0.25) is 0 Å². The van der Waals surface area contributed by atoms with Crippen LogP contribution < -0.4 is 5.32 Å². The molecule has 1 atom stereocenters. The monoisotopic (exact) mass is 239 g/mol. The number of aliphatic carboxylic acids is 1. The first-order chi connectivity index (χ1) is 8.04. The number of rotatable bonds is 6. The van der Waals surface area contributed by atoms with E-state index < -0.39 is 18.1 Å². The van der Waals surface area contributed by atoms with E-state index in [-0.39, 0.29) is 12.0 Å². The van der Waals surface area contributed by atoms with Crippen LogP contribution in [-0.4, -0.2) is 29.8 Å². The average molecular weight is 239 g/mol. The van der Waals surface area contributed by atoms with E-state index in [9.17, 15) is 9.59 Å². The molecule has 94 valence electrons. The van der Waals surface area contributed by atoms with E-state index in [1.54, 1.807) is 0 Å². The molecule has 1 amide bonds. The first kappa shape index (κ1) is 12.0. The second-order valence-corrected chi connectivity index (χ2v) is 5.10. The Hall–Kier alpha value is -1.52. The summed E-state index contributed by atoms with van der Waals surface area (Å²) in [5.41, 5.74) is 0.180. The maximum Gasteiger partial charge on any atom is 0.408 e. The summed E-state index contributed by atoms with van der Waals surface area (Å²) in [7, 11) is 0. The number of hydrogen-bond acceptors (Lipinski definition) is 3. The Morgan fingerprint density at radius 3 is 2.59 bits per heavy atom. The first-order valence-corrected chi connectivity index (χ1v) is 5.82. The van der Waals surface area contributed by atoms with Crippen LogP contribution in [0, 0.1) is 11.3 Å². The summed E-state index contributed by atoms with van der Waals surface area (Å²) in [6.45, 7) is 3.50. The smallest absolute Gasteiger partial charge is 0.408 e. The highest BCUT2D eigenvalue weighted by atomic mass is 16.5. The molecule has 2 N–H and O–H groups in total. The minimum atomic E-state index is -0.995. The Morgan fingerprint density at radius 2 is 2.18 bits per heavy atom. The molecule has 0 aromatic carbocycles. The number of nitrogens with one attached hydrogen (secondary N) is 1. The van der Waals surface area contributed by atoms with Crippen LogP contribution in [0.5, 0.6) is 0 Å². The third-order valence-corrected chi connectivity index (χ3v) is 3.72. The molecule has 0 heterocycles. The Labute approximate surface area is 99.8 Å². The number of alkyl carbamates (subject to hydrolysis) is 1. The second-order valence-electron chi connectivity index (χ2n) is 5.10. The molecule has 5 nitrogen and oxygen atoms in total. The van der Waals surface area contributed by atoms with Crippen LogP contribution in [0.15, 0.2) is 12.7 Å². The van der Waals surface area contributed by atoms with Crippen LogP contribution in [0.4, 0.5) is 4.79 Å². The molecule has 3 saturated carbocycles. The van der Waals surface area contributed by atoms with Gasteiger partial charge in [0.1, 0.15) is 12.6 Å². The average Bonchev–Trinajstić information content (AvgIpc) is 2.16. The topological polar surface area (TPSA) is 75.6 Å². The Bertz CT molecular complexity index is 335. The molecule has 0 aromatic rings. The van der Waals surface area contributed by atoms with Gasteiger partial charge < -0.3 is 15.2 Å². The van der Waals surface area contributed by atoms with Crippen molar-refractivity contribution in [3.05, 3.63) is 12.7 Å². The summed E-state index contributed by atoms with van der Waals surface area (Å²) in [6.07, 6.45) is 4.60. The van der Waals surface area contributed by atoms with Crippen LogP contribution in [-0.2, 0) is 9.53 Å². The lowest BCUT2D eigenvalue weighted by Crippen LogP contribution is -2.56. The maximum absolute atomic E-state index is 11.3. The molecule has 0 aliphatic heterocycles. The number of amides is 1. The van der Waals surface area contributed by atoms with Crippen molar-refractivity contribution in [2.45, 2.75) is 31.7 Å². The molecule has 3 fully saturated rings. The van der Waals surface area contributed by atoms with E-state index in [1.807, 2.05) is 0 Å². The summed E-state index contributed by atoms with van der Waals surface area (Å²) in [5.74, 6) is -0.192. The zero-order valence-corrected chi connectivity index (χ0v) is 9.65. The van der Waals surface area contributed by atoms with Gasteiger partial charge in [-0.05, 0) is 37.0 Å². The molecule has 0 radical (unpaired) electrons. The van der Waals surface area contributed by atoms with Crippen LogP contribution in [0.2, 0.25) is 0 Å². The predicted molar refractivity (Wildman–Crippen MR) is 60.5 cm³/mol. The molecule has 2 bridgehead atoms. The summed E-state index contributed by atoms with van der Waals surface area (Å²) < 4.78 is 4.72. The van der Waals surface area contributed by atoms with E-state index in [0.29, 0.717) is 6.42 Å². The molecule has 3 rings (SSSR count). The van der Waals surface area contributed by atoms with E-state index in [2.05, 4.69) is 11.9 Å². The zero-order valence-electron chi connectivity index (χ0n) is 9.65. The molecular formula is C12H17NO4. The highest BCUT2D eigenvalue weighted by molar-refractivity contribution is 5.80. The molecule has 3 aliphatic carbocycles. The first-order valence-electron chi connectivity index (χ1n) is 5.82. The lowest BCUT2D eigenvalue weighted by molar-refractivity contribution is -0.149. The van der Waals surface area contributed by atoms with Gasteiger partial charge in [-0.2, -0.15) is 0 Å². The fourth-order valence-corrected chi connectivity index (χ4v) is 2.86. The van der Waals surface area contributed by atoms with Gasteiger partial charge in [-0.15, -0.1) is 0 Å². The third-order valence-electron chi connectivity index (χ3n) is 3.72. The van der Waals surface area contributed by atoms with Gasteiger partial charge in [0.25, 0.3) is 0 Å². The van der Waals surface area contributed by atoms with Crippen molar-refractivity contribution in [2.75, 3.05) is 6.61 Å². The van der Waals surface area contributed by atoms with Crippen molar-refractivity contribution >= 4 is 12.1 Å². The fourth-order valence-electron chi connectivity index (χ4n) is 2.86. The van der Waals surface area contributed by atoms with Crippen molar-refractivity contribution in [2.24, 2.45) is 11.3 Å². The molecule has 3 aliphatic rings.